The molecular formula is C21H18BrNO2. The molecule has 0 heterocycles. The van der Waals surface area contributed by atoms with Crippen molar-refractivity contribution in [3.63, 3.8) is 0 Å². The molecule has 0 fully saturated rings. The van der Waals surface area contributed by atoms with Gasteiger partial charge in [-0.05, 0) is 42.8 Å². The summed E-state index contributed by atoms with van der Waals surface area (Å²) >= 11 is 3.38. The number of para-hydroxylation sites is 1. The quantitative estimate of drug-likeness (QED) is 0.617. The minimum atomic E-state index is -0.606. The molecule has 0 aromatic heterocycles. The van der Waals surface area contributed by atoms with Crippen LogP contribution in [0.25, 0.3) is 11.1 Å². The predicted octanol–water partition coefficient (Wildman–Crippen LogP) is 5.52. The number of ether oxygens (including phenoxy) is 1. The first kappa shape index (κ1) is 17.2. The summed E-state index contributed by atoms with van der Waals surface area (Å²) in [6, 6.07) is 25.1. The fraction of sp³-hybridized carbons (Fsp3) is 0.0952. The Morgan fingerprint density at radius 1 is 0.920 bits per heavy atom. The zero-order valence-electron chi connectivity index (χ0n) is 13.8. The van der Waals surface area contributed by atoms with Crippen LogP contribution in [0.15, 0.2) is 83.3 Å². The monoisotopic (exact) mass is 395 g/mol. The lowest BCUT2D eigenvalue weighted by atomic mass is 10.0. The molecular weight excluding hydrogens is 378 g/mol. The van der Waals surface area contributed by atoms with Gasteiger partial charge in [-0.1, -0.05) is 64.5 Å². The SMILES string of the molecule is C[C@@H](Oc1ccc(Br)cc1)C(=O)Nc1ccccc1-c1ccccc1. The lowest BCUT2D eigenvalue weighted by molar-refractivity contribution is -0.122. The van der Waals surface area contributed by atoms with Gasteiger partial charge in [-0.3, -0.25) is 4.79 Å². The van der Waals surface area contributed by atoms with Crippen LogP contribution in [0, 0.1) is 0 Å². The van der Waals surface area contributed by atoms with Gasteiger partial charge in [0.05, 0.1) is 0 Å². The van der Waals surface area contributed by atoms with Crippen molar-refractivity contribution in [2.45, 2.75) is 13.0 Å². The topological polar surface area (TPSA) is 38.3 Å². The second kappa shape index (κ2) is 7.99. The number of hydrogen-bond donors (Lipinski definition) is 1. The average molecular weight is 396 g/mol. The maximum absolute atomic E-state index is 12.5. The largest absolute Gasteiger partial charge is 0.481 e. The molecule has 0 aliphatic carbocycles. The molecule has 3 aromatic carbocycles. The summed E-state index contributed by atoms with van der Waals surface area (Å²) in [6.45, 7) is 1.74. The van der Waals surface area contributed by atoms with Crippen molar-refractivity contribution in [3.05, 3.63) is 83.3 Å². The highest BCUT2D eigenvalue weighted by Crippen LogP contribution is 2.27. The molecule has 0 saturated carbocycles. The van der Waals surface area contributed by atoms with E-state index in [9.17, 15) is 4.79 Å². The molecule has 126 valence electrons. The van der Waals surface area contributed by atoms with Gasteiger partial charge < -0.3 is 10.1 Å². The van der Waals surface area contributed by atoms with Crippen LogP contribution >= 0.6 is 15.9 Å². The molecule has 0 aliphatic rings. The van der Waals surface area contributed by atoms with Crippen LogP contribution in [-0.4, -0.2) is 12.0 Å². The Kier molecular flexibility index (Phi) is 5.51. The third-order valence-corrected chi connectivity index (χ3v) is 4.29. The summed E-state index contributed by atoms with van der Waals surface area (Å²) in [5.74, 6) is 0.466. The number of rotatable bonds is 5. The van der Waals surface area contributed by atoms with Gasteiger partial charge in [0, 0.05) is 15.7 Å². The fourth-order valence-corrected chi connectivity index (χ4v) is 2.73. The van der Waals surface area contributed by atoms with Crippen molar-refractivity contribution in [1.29, 1.82) is 0 Å². The van der Waals surface area contributed by atoms with Gasteiger partial charge >= 0.3 is 0 Å². The zero-order chi connectivity index (χ0) is 17.6. The van der Waals surface area contributed by atoms with Crippen LogP contribution in [0.4, 0.5) is 5.69 Å². The van der Waals surface area contributed by atoms with Crippen LogP contribution in [-0.2, 0) is 4.79 Å². The van der Waals surface area contributed by atoms with Gasteiger partial charge in [0.1, 0.15) is 5.75 Å². The summed E-state index contributed by atoms with van der Waals surface area (Å²) in [6.07, 6.45) is -0.606. The minimum absolute atomic E-state index is 0.189. The molecule has 0 radical (unpaired) electrons. The van der Waals surface area contributed by atoms with Gasteiger partial charge in [-0.15, -0.1) is 0 Å². The van der Waals surface area contributed by atoms with E-state index in [1.54, 1.807) is 6.92 Å². The smallest absolute Gasteiger partial charge is 0.265 e. The molecule has 1 amide bonds. The van der Waals surface area contributed by atoms with E-state index in [2.05, 4.69) is 21.2 Å². The summed E-state index contributed by atoms with van der Waals surface area (Å²) < 4.78 is 6.68. The Morgan fingerprint density at radius 2 is 1.56 bits per heavy atom. The molecule has 1 atom stereocenters. The summed E-state index contributed by atoms with van der Waals surface area (Å²) in [5.41, 5.74) is 2.80. The molecule has 3 nitrogen and oxygen atoms in total. The van der Waals surface area contributed by atoms with Crippen LogP contribution in [0.5, 0.6) is 5.75 Å². The maximum Gasteiger partial charge on any atom is 0.265 e. The molecule has 25 heavy (non-hydrogen) atoms. The summed E-state index contributed by atoms with van der Waals surface area (Å²) in [7, 11) is 0. The Labute approximate surface area is 155 Å². The normalized spacial score (nSPS) is 11.6. The maximum atomic E-state index is 12.5. The first-order chi connectivity index (χ1) is 12.1. The van der Waals surface area contributed by atoms with Crippen molar-refractivity contribution >= 4 is 27.5 Å². The Balaban J connectivity index is 1.74. The van der Waals surface area contributed by atoms with Crippen LogP contribution in [0.1, 0.15) is 6.92 Å². The number of anilines is 1. The van der Waals surface area contributed by atoms with E-state index in [0.717, 1.165) is 21.3 Å². The molecule has 4 heteroatoms. The van der Waals surface area contributed by atoms with Gasteiger partial charge in [0.25, 0.3) is 5.91 Å². The van der Waals surface area contributed by atoms with Crippen LogP contribution < -0.4 is 10.1 Å². The number of halogens is 1. The highest BCUT2D eigenvalue weighted by molar-refractivity contribution is 9.10. The lowest BCUT2D eigenvalue weighted by Crippen LogP contribution is -2.30. The Morgan fingerprint density at radius 3 is 2.28 bits per heavy atom. The second-order valence-corrected chi connectivity index (χ2v) is 6.53. The summed E-state index contributed by atoms with van der Waals surface area (Å²) in [5, 5.41) is 2.97. The van der Waals surface area contributed by atoms with E-state index < -0.39 is 6.10 Å². The van der Waals surface area contributed by atoms with E-state index in [0.29, 0.717) is 5.75 Å². The molecule has 0 saturated heterocycles. The third-order valence-electron chi connectivity index (χ3n) is 3.77. The predicted molar refractivity (Wildman–Crippen MR) is 105 cm³/mol. The Hall–Kier alpha value is -2.59. The van der Waals surface area contributed by atoms with Crippen molar-refractivity contribution in [2.75, 3.05) is 5.32 Å². The molecule has 0 bridgehead atoms. The molecule has 0 spiro atoms. The van der Waals surface area contributed by atoms with Crippen LogP contribution in [0.3, 0.4) is 0 Å². The van der Waals surface area contributed by atoms with Gasteiger partial charge in [-0.2, -0.15) is 0 Å². The van der Waals surface area contributed by atoms with Crippen molar-refractivity contribution in [3.8, 4) is 16.9 Å². The molecule has 3 aromatic rings. The summed E-state index contributed by atoms with van der Waals surface area (Å²) in [4.78, 5) is 12.5. The number of carbonyl (C=O) groups is 1. The highest BCUT2D eigenvalue weighted by Gasteiger charge is 2.16. The first-order valence-electron chi connectivity index (χ1n) is 8.01. The lowest BCUT2D eigenvalue weighted by Gasteiger charge is -2.16. The van der Waals surface area contributed by atoms with Gasteiger partial charge in [0.15, 0.2) is 6.10 Å². The molecule has 1 N–H and O–H groups in total. The van der Waals surface area contributed by atoms with Crippen molar-refractivity contribution in [2.24, 2.45) is 0 Å². The highest BCUT2D eigenvalue weighted by atomic mass is 79.9. The number of carbonyl (C=O) groups excluding carboxylic acids is 1. The van der Waals surface area contributed by atoms with E-state index in [1.807, 2.05) is 78.9 Å². The number of hydrogen-bond acceptors (Lipinski definition) is 2. The average Bonchev–Trinajstić information content (AvgIpc) is 2.64. The first-order valence-corrected chi connectivity index (χ1v) is 8.80. The molecule has 0 unspecified atom stereocenters. The second-order valence-electron chi connectivity index (χ2n) is 5.61. The zero-order valence-corrected chi connectivity index (χ0v) is 15.4. The third kappa shape index (κ3) is 4.48. The number of benzene rings is 3. The van der Waals surface area contributed by atoms with Gasteiger partial charge in [-0.25, -0.2) is 0 Å². The van der Waals surface area contributed by atoms with E-state index >= 15 is 0 Å². The van der Waals surface area contributed by atoms with E-state index in [1.165, 1.54) is 0 Å². The van der Waals surface area contributed by atoms with Crippen molar-refractivity contribution in [1.82, 2.24) is 0 Å². The molecule has 3 rings (SSSR count). The van der Waals surface area contributed by atoms with E-state index in [4.69, 9.17) is 4.74 Å². The standard InChI is InChI=1S/C21H18BrNO2/c1-15(25-18-13-11-17(22)12-14-18)21(24)23-20-10-6-5-9-19(20)16-7-3-2-4-8-16/h2-15H,1H3,(H,23,24)/t15-/m1/s1. The number of amides is 1. The molecule has 0 aliphatic heterocycles. The number of nitrogens with one attached hydrogen (secondary N) is 1. The fourth-order valence-electron chi connectivity index (χ4n) is 2.47. The minimum Gasteiger partial charge on any atom is -0.481 e. The van der Waals surface area contributed by atoms with Crippen LogP contribution in [0.2, 0.25) is 0 Å². The Bertz CT molecular complexity index is 847. The van der Waals surface area contributed by atoms with E-state index in [-0.39, 0.29) is 5.91 Å². The van der Waals surface area contributed by atoms with Gasteiger partial charge in [0.2, 0.25) is 0 Å². The van der Waals surface area contributed by atoms with Crippen molar-refractivity contribution < 1.29 is 9.53 Å².